The predicted molar refractivity (Wildman–Crippen MR) is 215 cm³/mol. The molecule has 1 heterocycles. The Bertz CT molecular complexity index is 974. The summed E-state index contributed by atoms with van der Waals surface area (Å²) in [6.07, 6.45) is 24.5. The van der Waals surface area contributed by atoms with Gasteiger partial charge in [-0.05, 0) is 97.2 Å². The summed E-state index contributed by atoms with van der Waals surface area (Å²) in [4.78, 5) is 5.34. The van der Waals surface area contributed by atoms with E-state index < -0.39 is 0 Å². The fourth-order valence-corrected chi connectivity index (χ4v) is 6.49. The number of piperidine rings is 1. The van der Waals surface area contributed by atoms with Crippen molar-refractivity contribution in [3.8, 4) is 12.8 Å². The summed E-state index contributed by atoms with van der Waals surface area (Å²) >= 11 is 0. The summed E-state index contributed by atoms with van der Waals surface area (Å²) in [5, 5.41) is 0. The number of benzene rings is 2. The maximum absolute atomic E-state index is 4.02. The summed E-state index contributed by atoms with van der Waals surface area (Å²) in [5.41, 5.74) is 5.44. The normalized spacial score (nSPS) is 17.7. The van der Waals surface area contributed by atoms with Crippen LogP contribution in [-0.2, 0) is 0 Å². The zero-order valence-corrected chi connectivity index (χ0v) is 32.0. The Balaban J connectivity index is 0. The highest BCUT2D eigenvalue weighted by atomic mass is 15.2. The van der Waals surface area contributed by atoms with Gasteiger partial charge in [-0.25, -0.2) is 0 Å². The smallest absolute Gasteiger partial charge is 0.0348 e. The summed E-state index contributed by atoms with van der Waals surface area (Å²) in [6, 6.07) is 21.7. The summed E-state index contributed by atoms with van der Waals surface area (Å²) in [5.74, 6) is 0.819. The van der Waals surface area contributed by atoms with Crippen molar-refractivity contribution >= 4 is 0 Å². The van der Waals surface area contributed by atoms with Gasteiger partial charge in [0.1, 0.15) is 0 Å². The third-order valence-corrected chi connectivity index (χ3v) is 8.84. The van der Waals surface area contributed by atoms with Gasteiger partial charge in [0.2, 0.25) is 0 Å². The molecule has 2 atom stereocenters. The number of nitrogens with zero attached hydrogens (tertiary/aromatic N) is 2. The fourth-order valence-electron chi connectivity index (χ4n) is 6.49. The first-order chi connectivity index (χ1) is 22.7. The molecular weight excluding hydrogens is 569 g/mol. The Morgan fingerprint density at radius 3 is 1.77 bits per heavy atom. The molecule has 0 amide bonds. The van der Waals surface area contributed by atoms with Gasteiger partial charge in [-0.1, -0.05) is 118 Å². The first-order valence-corrected chi connectivity index (χ1v) is 18.2. The van der Waals surface area contributed by atoms with Crippen molar-refractivity contribution in [3.63, 3.8) is 0 Å². The zero-order chi connectivity index (χ0) is 36.0. The maximum atomic E-state index is 4.02. The molecule has 2 aromatic rings. The van der Waals surface area contributed by atoms with Crippen LogP contribution in [-0.4, -0.2) is 42.0 Å². The van der Waals surface area contributed by atoms with E-state index in [1.54, 1.807) is 0 Å². The van der Waals surface area contributed by atoms with Gasteiger partial charge in [-0.2, -0.15) is 0 Å². The molecule has 0 unspecified atom stereocenters. The van der Waals surface area contributed by atoms with E-state index in [4.69, 9.17) is 0 Å². The topological polar surface area (TPSA) is 6.48 Å². The number of hydrogen-bond donors (Lipinski definition) is 0. The Morgan fingerprint density at radius 2 is 1.32 bits per heavy atom. The minimum absolute atomic E-state index is 0.607. The van der Waals surface area contributed by atoms with Crippen molar-refractivity contribution in [1.82, 2.24) is 9.80 Å². The highest BCUT2D eigenvalue weighted by Gasteiger charge is 2.28. The van der Waals surface area contributed by atoms with Crippen molar-refractivity contribution in [2.24, 2.45) is 5.92 Å². The van der Waals surface area contributed by atoms with Crippen LogP contribution in [0.1, 0.15) is 127 Å². The van der Waals surface area contributed by atoms with Crippen LogP contribution in [0.3, 0.4) is 0 Å². The molecule has 0 aromatic heterocycles. The van der Waals surface area contributed by atoms with Crippen LogP contribution >= 0.6 is 0 Å². The number of aryl methyl sites for hydroxylation is 2. The second-order valence-corrected chi connectivity index (χ2v) is 13.4. The average Bonchev–Trinajstić information content (AvgIpc) is 3.39. The molecule has 2 aliphatic rings. The SMILES string of the molecule is C#C.C=C.C=C.C=C(C)CC[C@H]1CCC[C@@H](c2ccccc2)N1C.CCCN(CC(C)C)C1CCCCCC1.Cc1ccc(C)cc1. The number of terminal acetylenes is 1. The second kappa shape index (κ2) is 30.5. The lowest BCUT2D eigenvalue weighted by molar-refractivity contribution is 0.108. The van der Waals surface area contributed by atoms with E-state index >= 15 is 0 Å². The third-order valence-electron chi connectivity index (χ3n) is 8.84. The lowest BCUT2D eigenvalue weighted by Crippen LogP contribution is -2.38. The van der Waals surface area contributed by atoms with E-state index in [1.807, 2.05) is 0 Å². The lowest BCUT2D eigenvalue weighted by Gasteiger charge is -2.40. The molecule has 1 aliphatic heterocycles. The van der Waals surface area contributed by atoms with E-state index in [0.717, 1.165) is 24.4 Å². The van der Waals surface area contributed by atoms with Gasteiger partial charge in [0, 0.05) is 24.7 Å². The van der Waals surface area contributed by atoms with Crippen molar-refractivity contribution in [2.75, 3.05) is 20.1 Å². The quantitative estimate of drug-likeness (QED) is 0.153. The highest BCUT2D eigenvalue weighted by molar-refractivity contribution is 5.20. The van der Waals surface area contributed by atoms with Gasteiger partial charge in [0.15, 0.2) is 0 Å². The second-order valence-electron chi connectivity index (χ2n) is 13.4. The Morgan fingerprint density at radius 1 is 0.809 bits per heavy atom. The zero-order valence-electron chi connectivity index (χ0n) is 32.0. The summed E-state index contributed by atoms with van der Waals surface area (Å²) in [7, 11) is 2.29. The van der Waals surface area contributed by atoms with Gasteiger partial charge in [-0.3, -0.25) is 4.90 Å². The van der Waals surface area contributed by atoms with Crippen LogP contribution in [0.25, 0.3) is 0 Å². The molecule has 0 spiro atoms. The lowest BCUT2D eigenvalue weighted by atomic mass is 9.89. The Hall–Kier alpha value is -2.86. The van der Waals surface area contributed by atoms with Gasteiger partial charge in [0.25, 0.3) is 0 Å². The van der Waals surface area contributed by atoms with Crippen molar-refractivity contribution in [3.05, 3.63) is 110 Å². The standard InChI is InChI=1S/C17H25N.C14H29N.C8H10.2C2H4.C2H2/c1-14(2)12-13-16-10-7-11-17(18(16)3)15-8-5-4-6-9-15;1-4-11-15(12-13(2)3)14-9-7-5-6-8-10-14;1-7-3-5-8(2)6-4-7;3*1-2/h4-6,8-9,16-17H,1,7,10-13H2,2-3H3;13-14H,4-12H2,1-3H3;3-6H,1-2H3;2*1-2H2;1-2H/t16-,17+;;;;;/m1...../s1. The van der Waals surface area contributed by atoms with Crippen LogP contribution in [0.4, 0.5) is 0 Å². The van der Waals surface area contributed by atoms with E-state index in [1.165, 1.54) is 106 Å². The molecule has 2 fully saturated rings. The summed E-state index contributed by atoms with van der Waals surface area (Å²) in [6.45, 7) is 32.0. The predicted octanol–water partition coefficient (Wildman–Crippen LogP) is 12.8. The molecule has 47 heavy (non-hydrogen) atoms. The molecule has 0 bridgehead atoms. The first-order valence-electron chi connectivity index (χ1n) is 18.2. The molecule has 4 rings (SSSR count). The van der Waals surface area contributed by atoms with Gasteiger partial charge in [0.05, 0.1) is 0 Å². The molecule has 1 saturated heterocycles. The van der Waals surface area contributed by atoms with E-state index in [0.29, 0.717) is 6.04 Å². The number of likely N-dealkylation sites (tertiary alicyclic amines) is 1. The van der Waals surface area contributed by atoms with Crippen LogP contribution < -0.4 is 0 Å². The van der Waals surface area contributed by atoms with Gasteiger partial charge < -0.3 is 4.90 Å². The monoisotopic (exact) mass is 643 g/mol. The number of allylic oxidation sites excluding steroid dienone is 1. The van der Waals surface area contributed by atoms with E-state index in [9.17, 15) is 0 Å². The number of hydrogen-bond acceptors (Lipinski definition) is 2. The van der Waals surface area contributed by atoms with Crippen LogP contribution in [0.15, 0.2) is 93.1 Å². The molecule has 2 heteroatoms. The van der Waals surface area contributed by atoms with Gasteiger partial charge >= 0.3 is 0 Å². The molecular formula is C45H74N2. The Kier molecular flexibility index (Phi) is 30.0. The van der Waals surface area contributed by atoms with Crippen molar-refractivity contribution in [1.29, 1.82) is 0 Å². The molecule has 1 saturated carbocycles. The largest absolute Gasteiger partial charge is 0.300 e. The van der Waals surface area contributed by atoms with Crippen molar-refractivity contribution in [2.45, 2.75) is 137 Å². The highest BCUT2D eigenvalue weighted by Crippen LogP contribution is 2.34. The minimum Gasteiger partial charge on any atom is -0.300 e. The van der Waals surface area contributed by atoms with Crippen LogP contribution in [0.5, 0.6) is 0 Å². The van der Waals surface area contributed by atoms with Crippen LogP contribution in [0.2, 0.25) is 0 Å². The van der Waals surface area contributed by atoms with Crippen LogP contribution in [0, 0.1) is 32.6 Å². The Labute approximate surface area is 294 Å². The fraction of sp³-hybridized carbons (Fsp3) is 0.556. The van der Waals surface area contributed by atoms with E-state index in [-0.39, 0.29) is 0 Å². The molecule has 2 aromatic carbocycles. The average molecular weight is 643 g/mol. The van der Waals surface area contributed by atoms with Crippen molar-refractivity contribution < 1.29 is 0 Å². The molecule has 264 valence electrons. The molecule has 1 aliphatic carbocycles. The van der Waals surface area contributed by atoms with Gasteiger partial charge in [-0.15, -0.1) is 45.7 Å². The molecule has 2 nitrogen and oxygen atoms in total. The number of rotatable bonds is 9. The third kappa shape index (κ3) is 21.6. The first kappa shape index (κ1) is 46.3. The molecule has 0 radical (unpaired) electrons. The molecule has 0 N–H and O–H groups in total. The maximum Gasteiger partial charge on any atom is 0.0348 e. The minimum atomic E-state index is 0.607. The van der Waals surface area contributed by atoms with E-state index in [2.05, 4.69) is 159 Å². The summed E-state index contributed by atoms with van der Waals surface area (Å²) < 4.78 is 0.